The molecule has 3 rings (SSSR count). The summed E-state index contributed by atoms with van der Waals surface area (Å²) in [5.74, 6) is -0.365. The van der Waals surface area contributed by atoms with Gasteiger partial charge in [-0.25, -0.2) is 0 Å². The Morgan fingerprint density at radius 2 is 1.73 bits per heavy atom. The first kappa shape index (κ1) is 17.6. The molecule has 0 aliphatic carbocycles. The summed E-state index contributed by atoms with van der Waals surface area (Å²) >= 11 is 0.883. The van der Waals surface area contributed by atoms with Crippen LogP contribution in [0.3, 0.4) is 0 Å². The third-order valence-corrected chi connectivity index (χ3v) is 4.62. The van der Waals surface area contributed by atoms with Crippen molar-refractivity contribution < 1.29 is 14.5 Å². The number of nitro groups is 1. The smallest absolute Gasteiger partial charge is 0.268 e. The van der Waals surface area contributed by atoms with E-state index in [0.717, 1.165) is 22.2 Å². The van der Waals surface area contributed by atoms with Gasteiger partial charge in [-0.2, -0.15) is 0 Å². The molecule has 6 nitrogen and oxygen atoms in total. The van der Waals surface area contributed by atoms with Crippen molar-refractivity contribution in [1.29, 1.82) is 0 Å². The number of benzene rings is 2. The van der Waals surface area contributed by atoms with Crippen molar-refractivity contribution in [3.8, 4) is 0 Å². The molecule has 1 heterocycles. The van der Waals surface area contributed by atoms with Gasteiger partial charge < -0.3 is 0 Å². The number of carbonyl (C=O) groups excluding carboxylic acids is 2. The number of hydrogen-bond acceptors (Lipinski definition) is 5. The number of non-ortho nitro benzene ring substituents is 1. The van der Waals surface area contributed by atoms with Gasteiger partial charge in [-0.15, -0.1) is 0 Å². The van der Waals surface area contributed by atoms with E-state index in [1.807, 2.05) is 36.4 Å². The van der Waals surface area contributed by atoms with Crippen molar-refractivity contribution >= 4 is 34.7 Å². The molecule has 0 aromatic heterocycles. The molecule has 0 unspecified atom stereocenters. The second-order valence-electron chi connectivity index (χ2n) is 5.48. The van der Waals surface area contributed by atoms with Gasteiger partial charge in [0.1, 0.15) is 0 Å². The molecule has 2 aromatic rings. The molecule has 0 saturated carbocycles. The van der Waals surface area contributed by atoms with Crippen LogP contribution in [0.2, 0.25) is 0 Å². The van der Waals surface area contributed by atoms with Crippen LogP contribution in [0.15, 0.2) is 71.7 Å². The van der Waals surface area contributed by atoms with Crippen LogP contribution in [-0.4, -0.2) is 21.0 Å². The van der Waals surface area contributed by atoms with E-state index < -0.39 is 4.92 Å². The number of thioether (sulfide) groups is 1. The molecule has 7 heteroatoms. The molecule has 2 amide bonds. The van der Waals surface area contributed by atoms with Gasteiger partial charge >= 0.3 is 0 Å². The quantitative estimate of drug-likeness (QED) is 0.445. The SMILES string of the molecule is O=C1S/C(=C/C=C/c2ccccc2)C(=O)N1Cc1ccc([N+](=O)[O-])cc1. The monoisotopic (exact) mass is 366 g/mol. The lowest BCUT2D eigenvalue weighted by atomic mass is 10.2. The minimum atomic E-state index is -0.494. The van der Waals surface area contributed by atoms with Crippen LogP contribution in [0, 0.1) is 10.1 Å². The van der Waals surface area contributed by atoms with Gasteiger partial charge in [0.2, 0.25) is 0 Å². The van der Waals surface area contributed by atoms with Crippen molar-refractivity contribution in [2.45, 2.75) is 6.54 Å². The summed E-state index contributed by atoms with van der Waals surface area (Å²) in [4.78, 5) is 36.2. The topological polar surface area (TPSA) is 80.5 Å². The molecule has 1 saturated heterocycles. The van der Waals surface area contributed by atoms with Crippen LogP contribution in [0.5, 0.6) is 0 Å². The molecule has 0 spiro atoms. The highest BCUT2D eigenvalue weighted by molar-refractivity contribution is 8.18. The fraction of sp³-hybridized carbons (Fsp3) is 0.0526. The Morgan fingerprint density at radius 1 is 1.04 bits per heavy atom. The molecule has 0 N–H and O–H groups in total. The first-order valence-corrected chi connectivity index (χ1v) is 8.56. The number of rotatable bonds is 5. The number of carbonyl (C=O) groups is 2. The van der Waals surface area contributed by atoms with Crippen LogP contribution >= 0.6 is 11.8 Å². The second-order valence-corrected chi connectivity index (χ2v) is 6.48. The molecular weight excluding hydrogens is 352 g/mol. The molecule has 130 valence electrons. The number of nitrogens with zero attached hydrogens (tertiary/aromatic N) is 2. The summed E-state index contributed by atoms with van der Waals surface area (Å²) in [5.41, 5.74) is 1.61. The molecular formula is C19H14N2O4S. The Bertz CT molecular complexity index is 905. The molecule has 2 aromatic carbocycles. The molecule has 0 radical (unpaired) electrons. The Kier molecular flexibility index (Phi) is 5.28. The maximum atomic E-state index is 12.4. The van der Waals surface area contributed by atoms with Crippen LogP contribution in [-0.2, 0) is 11.3 Å². The molecule has 0 bridgehead atoms. The molecule has 1 aliphatic rings. The van der Waals surface area contributed by atoms with Crippen LogP contribution in [0.25, 0.3) is 6.08 Å². The Hall–Kier alpha value is -3.19. The number of hydrogen-bond donors (Lipinski definition) is 0. The largest absolute Gasteiger partial charge is 0.293 e. The average Bonchev–Trinajstić information content (AvgIpc) is 2.91. The van der Waals surface area contributed by atoms with Gasteiger partial charge in [0, 0.05) is 12.1 Å². The van der Waals surface area contributed by atoms with Gasteiger partial charge in [0.05, 0.1) is 16.4 Å². The van der Waals surface area contributed by atoms with Gasteiger partial charge in [0.15, 0.2) is 0 Å². The van der Waals surface area contributed by atoms with Gasteiger partial charge in [0.25, 0.3) is 16.8 Å². The first-order valence-electron chi connectivity index (χ1n) is 7.75. The summed E-state index contributed by atoms with van der Waals surface area (Å²) in [6.07, 6.45) is 5.20. The van der Waals surface area contributed by atoms with E-state index in [9.17, 15) is 19.7 Å². The molecule has 26 heavy (non-hydrogen) atoms. The van der Waals surface area contributed by atoms with E-state index in [2.05, 4.69) is 0 Å². The molecule has 1 aliphatic heterocycles. The highest BCUT2D eigenvalue weighted by Crippen LogP contribution is 2.32. The van der Waals surface area contributed by atoms with Crippen LogP contribution in [0.1, 0.15) is 11.1 Å². The van der Waals surface area contributed by atoms with Crippen molar-refractivity contribution in [1.82, 2.24) is 4.90 Å². The fourth-order valence-corrected chi connectivity index (χ4v) is 3.16. The standard InChI is InChI=1S/C19H14N2O4S/c22-18-17(8-4-7-14-5-2-1-3-6-14)26-19(23)20(18)13-15-9-11-16(12-10-15)21(24)25/h1-12H,13H2/b7-4+,17-8+. The number of imide groups is 1. The van der Waals surface area contributed by atoms with Crippen molar-refractivity contribution in [2.24, 2.45) is 0 Å². The number of amides is 2. The van der Waals surface area contributed by atoms with Gasteiger partial charge in [-0.3, -0.25) is 24.6 Å². The Morgan fingerprint density at radius 3 is 2.38 bits per heavy atom. The van der Waals surface area contributed by atoms with Gasteiger partial charge in [-0.05, 0) is 29.0 Å². The average molecular weight is 366 g/mol. The lowest BCUT2D eigenvalue weighted by Gasteiger charge is -2.12. The molecule has 1 fully saturated rings. The molecule has 0 atom stereocenters. The van der Waals surface area contributed by atoms with E-state index >= 15 is 0 Å². The zero-order chi connectivity index (χ0) is 18.5. The van der Waals surface area contributed by atoms with Crippen molar-refractivity contribution in [3.05, 3.63) is 92.9 Å². The third-order valence-electron chi connectivity index (χ3n) is 3.70. The summed E-state index contributed by atoms with van der Waals surface area (Å²) in [7, 11) is 0. The van der Waals surface area contributed by atoms with E-state index in [4.69, 9.17) is 0 Å². The normalized spacial score (nSPS) is 16.0. The zero-order valence-corrected chi connectivity index (χ0v) is 14.4. The van der Waals surface area contributed by atoms with Crippen molar-refractivity contribution in [2.75, 3.05) is 0 Å². The van der Waals surface area contributed by atoms with Crippen LogP contribution in [0.4, 0.5) is 10.5 Å². The highest BCUT2D eigenvalue weighted by Gasteiger charge is 2.34. The minimum Gasteiger partial charge on any atom is -0.268 e. The number of nitro benzene ring substituents is 1. The van der Waals surface area contributed by atoms with Crippen molar-refractivity contribution in [3.63, 3.8) is 0 Å². The zero-order valence-electron chi connectivity index (χ0n) is 13.6. The Balaban J connectivity index is 1.69. The lowest BCUT2D eigenvalue weighted by molar-refractivity contribution is -0.384. The summed E-state index contributed by atoms with van der Waals surface area (Å²) in [6, 6.07) is 15.4. The second kappa shape index (κ2) is 7.79. The maximum Gasteiger partial charge on any atom is 0.293 e. The fourth-order valence-electron chi connectivity index (χ4n) is 2.37. The highest BCUT2D eigenvalue weighted by atomic mass is 32.2. The van der Waals surface area contributed by atoms with Gasteiger partial charge in [-0.1, -0.05) is 54.6 Å². The lowest BCUT2D eigenvalue weighted by Crippen LogP contribution is -2.27. The number of allylic oxidation sites excluding steroid dienone is 2. The summed E-state index contributed by atoms with van der Waals surface area (Å²) in [5, 5.41) is 10.3. The third kappa shape index (κ3) is 4.07. The van der Waals surface area contributed by atoms with E-state index in [0.29, 0.717) is 10.5 Å². The van der Waals surface area contributed by atoms with Crippen LogP contribution < -0.4 is 0 Å². The summed E-state index contributed by atoms with van der Waals surface area (Å²) < 4.78 is 0. The van der Waals surface area contributed by atoms with E-state index in [1.165, 1.54) is 12.1 Å². The maximum absolute atomic E-state index is 12.4. The predicted octanol–water partition coefficient (Wildman–Crippen LogP) is 4.39. The minimum absolute atomic E-state index is 0.0335. The predicted molar refractivity (Wildman–Crippen MR) is 100 cm³/mol. The summed E-state index contributed by atoms with van der Waals surface area (Å²) in [6.45, 7) is 0.0857. The first-order chi connectivity index (χ1) is 12.5. The van der Waals surface area contributed by atoms with E-state index in [1.54, 1.807) is 24.3 Å². The van der Waals surface area contributed by atoms with E-state index in [-0.39, 0.29) is 23.4 Å². The Labute approximate surface area is 154 Å².